The van der Waals surface area contributed by atoms with E-state index in [0.717, 1.165) is 12.8 Å². The summed E-state index contributed by atoms with van der Waals surface area (Å²) in [5.41, 5.74) is 0. The smallest absolute Gasteiger partial charge is 0.237 e. The van der Waals surface area contributed by atoms with Gasteiger partial charge in [0, 0.05) is 12.1 Å². The lowest BCUT2D eigenvalue weighted by molar-refractivity contribution is -0.123. The monoisotopic (exact) mass is 214 g/mol. The number of amides is 1. The third-order valence-electron chi connectivity index (χ3n) is 2.55. The van der Waals surface area contributed by atoms with Crippen molar-refractivity contribution in [2.24, 2.45) is 0 Å². The Morgan fingerprint density at radius 3 is 2.47 bits per heavy atom. The fourth-order valence-electron chi connectivity index (χ4n) is 1.64. The van der Waals surface area contributed by atoms with Gasteiger partial charge in [-0.3, -0.25) is 4.79 Å². The van der Waals surface area contributed by atoms with Crippen LogP contribution in [0.15, 0.2) is 0 Å². The Hall–Kier alpha value is -0.610. The normalized spacial score (nSPS) is 21.9. The zero-order valence-electron chi connectivity index (χ0n) is 9.79. The highest BCUT2D eigenvalue weighted by molar-refractivity contribution is 5.81. The molecule has 1 aliphatic carbocycles. The van der Waals surface area contributed by atoms with Gasteiger partial charge in [-0.15, -0.1) is 0 Å². The van der Waals surface area contributed by atoms with Crippen molar-refractivity contribution in [3.05, 3.63) is 0 Å². The lowest BCUT2D eigenvalue weighted by Gasteiger charge is -2.20. The van der Waals surface area contributed by atoms with Crippen molar-refractivity contribution in [1.82, 2.24) is 10.6 Å². The van der Waals surface area contributed by atoms with Crippen LogP contribution >= 0.6 is 0 Å². The Balaban J connectivity index is 2.20. The Bertz CT molecular complexity index is 215. The van der Waals surface area contributed by atoms with Gasteiger partial charge in [-0.25, -0.2) is 0 Å². The number of hydrogen-bond acceptors (Lipinski definition) is 3. The second-order valence-electron chi connectivity index (χ2n) is 4.66. The van der Waals surface area contributed by atoms with E-state index in [-0.39, 0.29) is 24.1 Å². The molecule has 3 unspecified atom stereocenters. The lowest BCUT2D eigenvalue weighted by Crippen LogP contribution is -2.46. The van der Waals surface area contributed by atoms with E-state index < -0.39 is 0 Å². The van der Waals surface area contributed by atoms with Crippen LogP contribution in [-0.2, 0) is 4.79 Å². The summed E-state index contributed by atoms with van der Waals surface area (Å²) in [4.78, 5) is 11.6. The molecule has 0 aliphatic heterocycles. The summed E-state index contributed by atoms with van der Waals surface area (Å²) in [6.07, 6.45) is 2.57. The molecule has 0 radical (unpaired) electrons. The molecule has 4 heteroatoms. The van der Waals surface area contributed by atoms with Gasteiger partial charge >= 0.3 is 0 Å². The molecule has 0 bridgehead atoms. The van der Waals surface area contributed by atoms with Crippen molar-refractivity contribution in [3.63, 3.8) is 0 Å². The Labute approximate surface area is 91.4 Å². The minimum absolute atomic E-state index is 0.0648. The maximum absolute atomic E-state index is 11.6. The van der Waals surface area contributed by atoms with Crippen molar-refractivity contribution in [3.8, 4) is 0 Å². The molecular weight excluding hydrogens is 192 g/mol. The van der Waals surface area contributed by atoms with Gasteiger partial charge < -0.3 is 15.7 Å². The molecule has 88 valence electrons. The van der Waals surface area contributed by atoms with Gasteiger partial charge in [0.2, 0.25) is 5.91 Å². The predicted molar refractivity (Wildman–Crippen MR) is 59.5 cm³/mol. The summed E-state index contributed by atoms with van der Waals surface area (Å²) in [7, 11) is 0. The topological polar surface area (TPSA) is 61.4 Å². The largest absolute Gasteiger partial charge is 0.393 e. The molecule has 0 aromatic heterocycles. The second kappa shape index (κ2) is 5.47. The SMILES string of the molecule is CC(O)CC(C)NC(C)C(=O)NC1CC1. The molecule has 4 nitrogen and oxygen atoms in total. The first-order valence-electron chi connectivity index (χ1n) is 5.73. The van der Waals surface area contributed by atoms with Crippen LogP contribution in [0, 0.1) is 0 Å². The highest BCUT2D eigenvalue weighted by Crippen LogP contribution is 2.18. The molecule has 0 spiro atoms. The zero-order valence-corrected chi connectivity index (χ0v) is 9.79. The van der Waals surface area contributed by atoms with Crippen LogP contribution in [0.25, 0.3) is 0 Å². The van der Waals surface area contributed by atoms with E-state index >= 15 is 0 Å². The fraction of sp³-hybridized carbons (Fsp3) is 0.909. The summed E-state index contributed by atoms with van der Waals surface area (Å²) < 4.78 is 0. The van der Waals surface area contributed by atoms with Gasteiger partial charge in [0.15, 0.2) is 0 Å². The molecule has 3 N–H and O–H groups in total. The van der Waals surface area contributed by atoms with Crippen LogP contribution in [-0.4, -0.2) is 35.2 Å². The predicted octanol–water partition coefficient (Wildman–Crippen LogP) is 0.402. The molecule has 0 saturated heterocycles. The Kier molecular flexibility index (Phi) is 4.54. The Morgan fingerprint density at radius 2 is 2.00 bits per heavy atom. The van der Waals surface area contributed by atoms with Crippen LogP contribution < -0.4 is 10.6 Å². The van der Waals surface area contributed by atoms with Gasteiger partial charge in [-0.05, 0) is 40.0 Å². The van der Waals surface area contributed by atoms with Crippen molar-refractivity contribution < 1.29 is 9.90 Å². The number of carbonyl (C=O) groups is 1. The lowest BCUT2D eigenvalue weighted by atomic mass is 10.1. The average Bonchev–Trinajstić information content (AvgIpc) is 2.86. The summed E-state index contributed by atoms with van der Waals surface area (Å²) >= 11 is 0. The number of hydrogen-bond donors (Lipinski definition) is 3. The van der Waals surface area contributed by atoms with Crippen LogP contribution in [0.1, 0.15) is 40.0 Å². The van der Waals surface area contributed by atoms with Gasteiger partial charge in [-0.1, -0.05) is 0 Å². The van der Waals surface area contributed by atoms with Crippen molar-refractivity contribution in [2.45, 2.75) is 64.3 Å². The summed E-state index contributed by atoms with van der Waals surface area (Å²) in [6, 6.07) is 0.387. The first kappa shape index (κ1) is 12.5. The van der Waals surface area contributed by atoms with Crippen molar-refractivity contribution >= 4 is 5.91 Å². The first-order valence-corrected chi connectivity index (χ1v) is 5.73. The molecule has 3 atom stereocenters. The van der Waals surface area contributed by atoms with E-state index in [0.29, 0.717) is 12.5 Å². The molecule has 1 saturated carbocycles. The van der Waals surface area contributed by atoms with Crippen LogP contribution in [0.2, 0.25) is 0 Å². The third kappa shape index (κ3) is 5.14. The zero-order chi connectivity index (χ0) is 11.4. The third-order valence-corrected chi connectivity index (χ3v) is 2.55. The highest BCUT2D eigenvalue weighted by Gasteiger charge is 2.25. The molecule has 0 aromatic carbocycles. The summed E-state index contributed by atoms with van der Waals surface area (Å²) in [5.74, 6) is 0.0648. The number of aliphatic hydroxyl groups excluding tert-OH is 1. The average molecular weight is 214 g/mol. The van der Waals surface area contributed by atoms with Crippen molar-refractivity contribution in [1.29, 1.82) is 0 Å². The van der Waals surface area contributed by atoms with E-state index in [1.807, 2.05) is 13.8 Å². The van der Waals surface area contributed by atoms with Gasteiger partial charge in [-0.2, -0.15) is 0 Å². The molecule has 0 aromatic rings. The molecule has 15 heavy (non-hydrogen) atoms. The number of carbonyl (C=O) groups excluding carboxylic acids is 1. The maximum atomic E-state index is 11.6. The van der Waals surface area contributed by atoms with Gasteiger partial charge in [0.1, 0.15) is 0 Å². The fourth-order valence-corrected chi connectivity index (χ4v) is 1.64. The van der Waals surface area contributed by atoms with Crippen LogP contribution in [0.3, 0.4) is 0 Å². The maximum Gasteiger partial charge on any atom is 0.237 e. The molecule has 0 heterocycles. The van der Waals surface area contributed by atoms with E-state index in [2.05, 4.69) is 10.6 Å². The van der Waals surface area contributed by atoms with Gasteiger partial charge in [0.05, 0.1) is 12.1 Å². The van der Waals surface area contributed by atoms with E-state index in [4.69, 9.17) is 0 Å². The molecule has 1 aliphatic rings. The first-order chi connectivity index (χ1) is 6.99. The van der Waals surface area contributed by atoms with Crippen molar-refractivity contribution in [2.75, 3.05) is 0 Å². The van der Waals surface area contributed by atoms with E-state index in [9.17, 15) is 9.90 Å². The van der Waals surface area contributed by atoms with Crippen LogP contribution in [0.4, 0.5) is 0 Å². The summed E-state index contributed by atoms with van der Waals surface area (Å²) in [5, 5.41) is 15.3. The second-order valence-corrected chi connectivity index (χ2v) is 4.66. The number of rotatable bonds is 6. The van der Waals surface area contributed by atoms with E-state index in [1.165, 1.54) is 0 Å². The highest BCUT2D eigenvalue weighted by atomic mass is 16.3. The number of aliphatic hydroxyl groups is 1. The Morgan fingerprint density at radius 1 is 1.40 bits per heavy atom. The quantitative estimate of drug-likeness (QED) is 0.600. The molecule has 1 rings (SSSR count). The minimum Gasteiger partial charge on any atom is -0.393 e. The standard InChI is InChI=1S/C11H22N2O2/c1-7(6-8(2)14)12-9(3)11(15)13-10-4-5-10/h7-10,12,14H,4-6H2,1-3H3,(H,13,15). The van der Waals surface area contributed by atoms with Gasteiger partial charge in [0.25, 0.3) is 0 Å². The molecule has 1 amide bonds. The molecule has 1 fully saturated rings. The minimum atomic E-state index is -0.328. The number of nitrogens with one attached hydrogen (secondary N) is 2. The van der Waals surface area contributed by atoms with Crippen LogP contribution in [0.5, 0.6) is 0 Å². The van der Waals surface area contributed by atoms with E-state index in [1.54, 1.807) is 6.92 Å². The summed E-state index contributed by atoms with van der Waals surface area (Å²) in [6.45, 7) is 5.59. The molecular formula is C11H22N2O2.